The van der Waals surface area contributed by atoms with Crippen LogP contribution in [0.3, 0.4) is 0 Å². The Hall–Kier alpha value is -6.60. The van der Waals surface area contributed by atoms with Gasteiger partial charge in [0.25, 0.3) is 23.6 Å². The SMILES string of the molecule is O=C1C=CC(=O)N1c1ccc(Oc2ccc(C(c3ccc(Oc4ccc(N5C(=O)C=CC5=O)cc4)c(C(F)(F)F)c3)(C(F)(F)F)C(F)(F)F)cc2C(F)(F)F)cc1. The molecular formula is C37H18F12N2O6. The van der Waals surface area contributed by atoms with Crippen LogP contribution in [0.1, 0.15) is 22.3 Å². The van der Waals surface area contributed by atoms with Crippen molar-refractivity contribution in [3.8, 4) is 23.0 Å². The zero-order valence-electron chi connectivity index (χ0n) is 27.8. The van der Waals surface area contributed by atoms with Crippen molar-refractivity contribution >= 4 is 35.0 Å². The van der Waals surface area contributed by atoms with Crippen molar-refractivity contribution in [1.29, 1.82) is 0 Å². The van der Waals surface area contributed by atoms with Gasteiger partial charge in [-0.25, -0.2) is 9.80 Å². The quantitative estimate of drug-likeness (QED) is 0.130. The van der Waals surface area contributed by atoms with Crippen molar-refractivity contribution in [2.24, 2.45) is 0 Å². The van der Waals surface area contributed by atoms with Crippen LogP contribution in [-0.2, 0) is 36.9 Å². The van der Waals surface area contributed by atoms with E-state index in [0.29, 0.717) is 9.80 Å². The average Bonchev–Trinajstić information content (AvgIpc) is 3.62. The second-order valence-corrected chi connectivity index (χ2v) is 12.0. The molecule has 0 aliphatic carbocycles. The van der Waals surface area contributed by atoms with Gasteiger partial charge in [-0.2, -0.15) is 52.7 Å². The second kappa shape index (κ2) is 13.9. The van der Waals surface area contributed by atoms with E-state index < -0.39 is 111 Å². The third-order valence-electron chi connectivity index (χ3n) is 8.55. The second-order valence-electron chi connectivity index (χ2n) is 12.0. The van der Waals surface area contributed by atoms with Crippen molar-refractivity contribution in [2.75, 3.05) is 9.80 Å². The molecule has 6 rings (SSSR count). The van der Waals surface area contributed by atoms with Gasteiger partial charge in [-0.3, -0.25) is 19.2 Å². The highest BCUT2D eigenvalue weighted by atomic mass is 19.4. The fraction of sp³-hybridized carbons (Fsp3) is 0.135. The number of anilines is 2. The molecule has 0 atom stereocenters. The van der Waals surface area contributed by atoms with E-state index in [4.69, 9.17) is 9.47 Å². The van der Waals surface area contributed by atoms with Crippen molar-refractivity contribution in [3.63, 3.8) is 0 Å². The molecule has 8 nitrogen and oxygen atoms in total. The van der Waals surface area contributed by atoms with Crippen molar-refractivity contribution in [1.82, 2.24) is 0 Å². The van der Waals surface area contributed by atoms with Crippen molar-refractivity contribution in [2.45, 2.75) is 30.1 Å². The fourth-order valence-corrected chi connectivity index (χ4v) is 6.02. The molecule has 57 heavy (non-hydrogen) atoms. The highest BCUT2D eigenvalue weighted by molar-refractivity contribution is 6.28. The summed E-state index contributed by atoms with van der Waals surface area (Å²) in [5.41, 5.74) is -14.3. The van der Waals surface area contributed by atoms with Gasteiger partial charge in [-0.05, 0) is 83.9 Å². The highest BCUT2D eigenvalue weighted by Gasteiger charge is 2.73. The molecule has 0 spiro atoms. The molecule has 0 bridgehead atoms. The summed E-state index contributed by atoms with van der Waals surface area (Å²) in [6.07, 6.45) is -20.9. The van der Waals surface area contributed by atoms with Crippen LogP contribution in [0.25, 0.3) is 0 Å². The molecule has 0 unspecified atom stereocenters. The van der Waals surface area contributed by atoms with E-state index in [2.05, 4.69) is 0 Å². The number of hydrogen-bond donors (Lipinski definition) is 0. The Kier molecular flexibility index (Phi) is 9.74. The number of rotatable bonds is 8. The van der Waals surface area contributed by atoms with E-state index in [1.807, 2.05) is 0 Å². The summed E-state index contributed by atoms with van der Waals surface area (Å²) in [5, 5.41) is 0. The lowest BCUT2D eigenvalue weighted by atomic mass is 9.72. The third-order valence-corrected chi connectivity index (χ3v) is 8.55. The molecular weight excluding hydrogens is 796 g/mol. The maximum absolute atomic E-state index is 15.0. The van der Waals surface area contributed by atoms with E-state index in [1.165, 1.54) is 0 Å². The monoisotopic (exact) mass is 814 g/mol. The Bertz CT molecular complexity index is 2140. The number of amides is 4. The number of halogens is 12. The molecule has 4 aromatic carbocycles. The molecule has 4 amide bonds. The maximum Gasteiger partial charge on any atom is 0.419 e. The summed E-state index contributed by atoms with van der Waals surface area (Å²) in [5.74, 6) is -6.61. The topological polar surface area (TPSA) is 93.2 Å². The largest absolute Gasteiger partial charge is 0.457 e. The molecule has 0 fully saturated rings. The molecule has 0 saturated carbocycles. The van der Waals surface area contributed by atoms with Gasteiger partial charge in [0.1, 0.15) is 23.0 Å². The summed E-state index contributed by atoms with van der Waals surface area (Å²) < 4.78 is 186. The molecule has 2 aliphatic rings. The minimum atomic E-state index is -6.63. The zero-order chi connectivity index (χ0) is 41.9. The molecule has 0 saturated heterocycles. The first-order valence-electron chi connectivity index (χ1n) is 15.7. The van der Waals surface area contributed by atoms with Crippen LogP contribution in [-0.4, -0.2) is 36.0 Å². The summed E-state index contributed by atoms with van der Waals surface area (Å²) in [7, 11) is 0. The standard InChI is InChI=1S/C37H18F12N2O6/c38-34(39,40)25-17-19(1-11-27(25)56-23-7-3-21(4-8-23)50-29(52)13-14-30(50)53)33(36(44,45)46,37(47,48)49)20-2-12-28(26(18-20)35(41,42)43)57-24-9-5-22(6-10-24)51-31(54)15-16-32(51)55/h1-18H. The van der Waals surface area contributed by atoms with Crippen LogP contribution in [0.4, 0.5) is 64.1 Å². The van der Waals surface area contributed by atoms with E-state index >= 15 is 0 Å². The molecule has 2 heterocycles. The van der Waals surface area contributed by atoms with Crippen LogP contribution in [0.5, 0.6) is 23.0 Å². The smallest absolute Gasteiger partial charge is 0.419 e. The lowest BCUT2D eigenvalue weighted by Crippen LogP contribution is -2.55. The highest BCUT2D eigenvalue weighted by Crippen LogP contribution is 2.58. The van der Waals surface area contributed by atoms with Gasteiger partial charge < -0.3 is 9.47 Å². The Labute approximate surface area is 310 Å². The zero-order valence-corrected chi connectivity index (χ0v) is 27.8. The van der Waals surface area contributed by atoms with Crippen LogP contribution >= 0.6 is 0 Å². The molecule has 0 aromatic heterocycles. The van der Waals surface area contributed by atoms with Crippen LogP contribution < -0.4 is 19.3 Å². The summed E-state index contributed by atoms with van der Waals surface area (Å²) in [4.78, 5) is 49.0. The van der Waals surface area contributed by atoms with Gasteiger partial charge in [0.05, 0.1) is 22.5 Å². The molecule has 20 heteroatoms. The van der Waals surface area contributed by atoms with Gasteiger partial charge in [0, 0.05) is 24.3 Å². The predicted octanol–water partition coefficient (Wildman–Crippen LogP) is 9.58. The predicted molar refractivity (Wildman–Crippen MR) is 172 cm³/mol. The number of benzene rings is 4. The number of carbonyl (C=O) groups excluding carboxylic acids is 4. The van der Waals surface area contributed by atoms with Gasteiger partial charge in [-0.15, -0.1) is 0 Å². The summed E-state index contributed by atoms with van der Waals surface area (Å²) in [6.45, 7) is 0. The first-order chi connectivity index (χ1) is 26.4. The van der Waals surface area contributed by atoms with Crippen LogP contribution in [0.15, 0.2) is 109 Å². The number of carbonyl (C=O) groups is 4. The average molecular weight is 815 g/mol. The Balaban J connectivity index is 1.42. The number of alkyl halides is 12. The normalized spacial score (nSPS) is 15.3. The first-order valence-corrected chi connectivity index (χ1v) is 15.7. The van der Waals surface area contributed by atoms with E-state index in [0.717, 1.165) is 72.8 Å². The summed E-state index contributed by atoms with van der Waals surface area (Å²) in [6, 6.07) is 7.10. The maximum atomic E-state index is 15.0. The third kappa shape index (κ3) is 7.29. The van der Waals surface area contributed by atoms with E-state index in [-0.39, 0.29) is 35.6 Å². The molecule has 2 aliphatic heterocycles. The molecule has 0 radical (unpaired) electrons. The number of nitrogens with zero attached hydrogens (tertiary/aromatic N) is 2. The van der Waals surface area contributed by atoms with Crippen LogP contribution in [0.2, 0.25) is 0 Å². The molecule has 4 aromatic rings. The van der Waals surface area contributed by atoms with Gasteiger partial charge in [-0.1, -0.05) is 12.1 Å². The minimum absolute atomic E-state index is 0.0300. The Morgan fingerprint density at radius 2 is 0.702 bits per heavy atom. The molecule has 296 valence electrons. The lowest BCUT2D eigenvalue weighted by Gasteiger charge is -2.39. The van der Waals surface area contributed by atoms with E-state index in [1.54, 1.807) is 0 Å². The van der Waals surface area contributed by atoms with Crippen molar-refractivity contribution < 1.29 is 81.3 Å². The Morgan fingerprint density at radius 1 is 0.404 bits per heavy atom. The summed E-state index contributed by atoms with van der Waals surface area (Å²) >= 11 is 0. The lowest BCUT2D eigenvalue weighted by molar-refractivity contribution is -0.289. The number of hydrogen-bond acceptors (Lipinski definition) is 6. The Morgan fingerprint density at radius 3 is 0.965 bits per heavy atom. The van der Waals surface area contributed by atoms with Gasteiger partial charge in [0.15, 0.2) is 0 Å². The van der Waals surface area contributed by atoms with Gasteiger partial charge >= 0.3 is 24.7 Å². The van der Waals surface area contributed by atoms with Crippen molar-refractivity contribution in [3.05, 3.63) is 131 Å². The molecule has 0 N–H and O–H groups in total. The number of ether oxygens (including phenoxy) is 2. The fourth-order valence-electron chi connectivity index (χ4n) is 6.02. The number of imide groups is 2. The first kappa shape index (κ1) is 40.1. The van der Waals surface area contributed by atoms with E-state index in [9.17, 15) is 71.9 Å². The van der Waals surface area contributed by atoms with Crippen LogP contribution in [0, 0.1) is 0 Å². The minimum Gasteiger partial charge on any atom is -0.457 e. The van der Waals surface area contributed by atoms with Gasteiger partial charge in [0.2, 0.25) is 5.41 Å².